The van der Waals surface area contributed by atoms with Crippen molar-refractivity contribution in [1.82, 2.24) is 0 Å². The van der Waals surface area contributed by atoms with Crippen LogP contribution in [0.1, 0.15) is 49.9 Å². The number of carbonyl (C=O) groups is 1. The van der Waals surface area contributed by atoms with Gasteiger partial charge in [-0.05, 0) is 37.0 Å². The normalized spacial score (nSPS) is 16.0. The Morgan fingerprint density at radius 2 is 2.05 bits per heavy atom. The average molecular weight is 280 g/mol. The monoisotopic (exact) mass is 279 g/mol. The fourth-order valence-corrected chi connectivity index (χ4v) is 3.08. The van der Waals surface area contributed by atoms with Crippen LogP contribution in [0.15, 0.2) is 18.2 Å². The summed E-state index contributed by atoms with van der Waals surface area (Å²) in [5, 5.41) is 0.555. The van der Waals surface area contributed by atoms with Crippen LogP contribution in [0.4, 0.5) is 5.69 Å². The number of hydrogen-bond donors (Lipinski definition) is 0. The first-order chi connectivity index (χ1) is 9.11. The summed E-state index contributed by atoms with van der Waals surface area (Å²) in [6.07, 6.45) is 5.98. The lowest BCUT2D eigenvalue weighted by Crippen LogP contribution is -2.36. The Morgan fingerprint density at radius 3 is 2.58 bits per heavy atom. The Bertz CT molecular complexity index is 438. The molecule has 0 radical (unpaired) electrons. The molecule has 0 unspecified atom stereocenters. The molecule has 2 rings (SSSR count). The minimum Gasteiger partial charge on any atom is -0.368 e. The van der Waals surface area contributed by atoms with E-state index in [1.54, 1.807) is 0 Å². The average Bonchev–Trinajstić information content (AvgIpc) is 2.89. The molecule has 1 aliphatic carbocycles. The Labute approximate surface area is 120 Å². The third-order valence-electron chi connectivity index (χ3n) is 3.77. The maximum absolute atomic E-state index is 10.8. The van der Waals surface area contributed by atoms with Gasteiger partial charge in [0.05, 0.1) is 5.02 Å². The molecule has 0 amide bonds. The molecule has 0 spiro atoms. The Hall–Kier alpha value is -1.02. The number of aldehydes is 1. The summed E-state index contributed by atoms with van der Waals surface area (Å²) in [5.74, 6) is 0.616. The maximum atomic E-state index is 10.8. The predicted molar refractivity (Wildman–Crippen MR) is 81.3 cm³/mol. The highest BCUT2D eigenvalue weighted by Crippen LogP contribution is 2.31. The van der Waals surface area contributed by atoms with E-state index in [2.05, 4.69) is 18.7 Å². The number of hydrogen-bond acceptors (Lipinski definition) is 2. The summed E-state index contributed by atoms with van der Waals surface area (Å²) in [4.78, 5) is 13.3. The summed E-state index contributed by atoms with van der Waals surface area (Å²) >= 11 is 6.16. The smallest absolute Gasteiger partial charge is 0.151 e. The van der Waals surface area contributed by atoms with Gasteiger partial charge < -0.3 is 4.90 Å². The van der Waals surface area contributed by atoms with Gasteiger partial charge in [-0.2, -0.15) is 0 Å². The molecule has 3 heteroatoms. The van der Waals surface area contributed by atoms with E-state index in [1.807, 2.05) is 18.2 Å². The quantitative estimate of drug-likeness (QED) is 0.737. The molecule has 0 bridgehead atoms. The lowest BCUT2D eigenvalue weighted by Gasteiger charge is -2.33. The molecule has 1 aromatic rings. The van der Waals surface area contributed by atoms with Crippen molar-refractivity contribution in [2.75, 3.05) is 11.4 Å². The van der Waals surface area contributed by atoms with Crippen LogP contribution < -0.4 is 4.90 Å². The van der Waals surface area contributed by atoms with Crippen molar-refractivity contribution in [3.05, 3.63) is 28.8 Å². The highest BCUT2D eigenvalue weighted by molar-refractivity contribution is 6.33. The minimum atomic E-state index is 0.555. The standard InChI is InChI=1S/C16H22ClNO/c1-12(2)10-18(14-5-3-4-6-14)15-8-7-13(11-19)16(17)9-15/h7-9,11-12,14H,3-6,10H2,1-2H3. The van der Waals surface area contributed by atoms with Gasteiger partial charge in [0.25, 0.3) is 0 Å². The fraction of sp³-hybridized carbons (Fsp3) is 0.562. The molecule has 0 N–H and O–H groups in total. The Balaban J connectivity index is 2.26. The topological polar surface area (TPSA) is 20.3 Å². The van der Waals surface area contributed by atoms with Crippen LogP contribution >= 0.6 is 11.6 Å². The predicted octanol–water partition coefficient (Wildman–Crippen LogP) is 4.56. The zero-order valence-corrected chi connectivity index (χ0v) is 12.5. The molecule has 0 saturated heterocycles. The number of halogens is 1. The molecule has 1 fully saturated rings. The van der Waals surface area contributed by atoms with Gasteiger partial charge in [-0.1, -0.05) is 38.3 Å². The fourth-order valence-electron chi connectivity index (χ4n) is 2.86. The summed E-state index contributed by atoms with van der Waals surface area (Å²) in [6.45, 7) is 5.52. The first kappa shape index (κ1) is 14.4. The van der Waals surface area contributed by atoms with Gasteiger partial charge in [0.2, 0.25) is 0 Å². The van der Waals surface area contributed by atoms with E-state index in [0.717, 1.165) is 18.5 Å². The SMILES string of the molecule is CC(C)CN(c1ccc(C=O)c(Cl)c1)C1CCCC1. The maximum Gasteiger partial charge on any atom is 0.151 e. The highest BCUT2D eigenvalue weighted by Gasteiger charge is 2.23. The molecule has 0 atom stereocenters. The zero-order valence-electron chi connectivity index (χ0n) is 11.7. The molecule has 2 nitrogen and oxygen atoms in total. The first-order valence-electron chi connectivity index (χ1n) is 7.13. The molecular weight excluding hydrogens is 258 g/mol. The van der Waals surface area contributed by atoms with Gasteiger partial charge in [0, 0.05) is 23.8 Å². The van der Waals surface area contributed by atoms with E-state index in [9.17, 15) is 4.79 Å². The van der Waals surface area contributed by atoms with Crippen LogP contribution in [0.2, 0.25) is 5.02 Å². The molecule has 104 valence electrons. The lowest BCUT2D eigenvalue weighted by molar-refractivity contribution is 0.112. The number of benzene rings is 1. The highest BCUT2D eigenvalue weighted by atomic mass is 35.5. The van der Waals surface area contributed by atoms with Crippen molar-refractivity contribution < 1.29 is 4.79 Å². The minimum absolute atomic E-state index is 0.555. The lowest BCUT2D eigenvalue weighted by atomic mass is 10.1. The number of anilines is 1. The van der Waals surface area contributed by atoms with Gasteiger partial charge in [-0.3, -0.25) is 4.79 Å². The van der Waals surface area contributed by atoms with Gasteiger partial charge >= 0.3 is 0 Å². The van der Waals surface area contributed by atoms with Gasteiger partial charge in [0.15, 0.2) is 6.29 Å². The largest absolute Gasteiger partial charge is 0.368 e. The molecule has 1 aliphatic rings. The molecule has 19 heavy (non-hydrogen) atoms. The molecule has 0 heterocycles. The molecule has 0 aliphatic heterocycles. The van der Waals surface area contributed by atoms with Crippen LogP contribution in [0, 0.1) is 5.92 Å². The molecule has 1 saturated carbocycles. The van der Waals surface area contributed by atoms with Crippen molar-refractivity contribution in [1.29, 1.82) is 0 Å². The Kier molecular flexibility index (Phi) is 4.87. The van der Waals surface area contributed by atoms with Crippen LogP contribution in [0.5, 0.6) is 0 Å². The van der Waals surface area contributed by atoms with E-state index in [4.69, 9.17) is 11.6 Å². The molecular formula is C16H22ClNO. The van der Waals surface area contributed by atoms with E-state index in [-0.39, 0.29) is 0 Å². The third-order valence-corrected chi connectivity index (χ3v) is 4.10. The van der Waals surface area contributed by atoms with Crippen molar-refractivity contribution in [3.63, 3.8) is 0 Å². The third kappa shape index (κ3) is 3.50. The van der Waals surface area contributed by atoms with Gasteiger partial charge in [-0.15, -0.1) is 0 Å². The second-order valence-electron chi connectivity index (χ2n) is 5.81. The van der Waals surface area contributed by atoms with Crippen molar-refractivity contribution >= 4 is 23.6 Å². The van der Waals surface area contributed by atoms with Crippen molar-refractivity contribution in [3.8, 4) is 0 Å². The van der Waals surface area contributed by atoms with Crippen LogP contribution in [-0.4, -0.2) is 18.9 Å². The van der Waals surface area contributed by atoms with Crippen molar-refractivity contribution in [2.24, 2.45) is 5.92 Å². The summed E-state index contributed by atoms with van der Waals surface area (Å²) < 4.78 is 0. The summed E-state index contributed by atoms with van der Waals surface area (Å²) in [6, 6.07) is 6.41. The van der Waals surface area contributed by atoms with E-state index in [1.165, 1.54) is 25.7 Å². The number of carbonyl (C=O) groups excluding carboxylic acids is 1. The van der Waals surface area contributed by atoms with E-state index < -0.39 is 0 Å². The van der Waals surface area contributed by atoms with Crippen LogP contribution in [0.3, 0.4) is 0 Å². The van der Waals surface area contributed by atoms with Crippen LogP contribution in [-0.2, 0) is 0 Å². The van der Waals surface area contributed by atoms with Gasteiger partial charge in [0.1, 0.15) is 0 Å². The Morgan fingerprint density at radius 1 is 1.37 bits per heavy atom. The zero-order chi connectivity index (χ0) is 13.8. The second-order valence-corrected chi connectivity index (χ2v) is 6.22. The first-order valence-corrected chi connectivity index (χ1v) is 7.51. The van der Waals surface area contributed by atoms with Crippen LogP contribution in [0.25, 0.3) is 0 Å². The van der Waals surface area contributed by atoms with E-state index in [0.29, 0.717) is 22.5 Å². The van der Waals surface area contributed by atoms with Crippen molar-refractivity contribution in [2.45, 2.75) is 45.6 Å². The summed E-state index contributed by atoms with van der Waals surface area (Å²) in [7, 11) is 0. The number of nitrogens with zero attached hydrogens (tertiary/aromatic N) is 1. The summed E-state index contributed by atoms with van der Waals surface area (Å²) in [5.41, 5.74) is 1.72. The molecule has 0 aromatic heterocycles. The molecule has 1 aromatic carbocycles. The van der Waals surface area contributed by atoms with Gasteiger partial charge in [-0.25, -0.2) is 0 Å². The van der Waals surface area contributed by atoms with E-state index >= 15 is 0 Å². The second kappa shape index (κ2) is 6.42. The number of rotatable bonds is 5.